The standard InChI is InChI=1S/C22H17Cl2NO3S2.C15H14ClNO2S.C7H5ClO2S/c1-12(26)18-2-3-19(30-18)13-8-14-9-15(28-22(14)17(24)10-13)11-25-21(27)5-4-20-16(23)6-7-29-20;1-8(18)13-2-3-14(20-13)9-4-10-5-11(7-17)19-15(10)12(16)6-9;8-5-3-4-11-6(5)1-2-7(9)10/h2-8,10,15H,9,11H2,1H3,(H,25,27);2-4,6,11H,5,7,17H2,1H3;1-4H,(H,9,10)/b5-4+;;2-1+. The van der Waals surface area contributed by atoms with Gasteiger partial charge >= 0.3 is 5.97 Å². The van der Waals surface area contributed by atoms with Gasteiger partial charge in [0.1, 0.15) is 23.7 Å². The Morgan fingerprint density at radius 3 is 1.61 bits per heavy atom. The van der Waals surface area contributed by atoms with Gasteiger partial charge in [0.05, 0.1) is 36.4 Å². The Balaban J connectivity index is 0.000000172. The summed E-state index contributed by atoms with van der Waals surface area (Å²) in [6.07, 6.45) is 6.96. The summed E-state index contributed by atoms with van der Waals surface area (Å²) in [6.45, 7) is 3.98. The number of nitrogens with one attached hydrogen (secondary N) is 1. The Bertz CT molecular complexity index is 2640. The molecule has 6 aromatic rings. The van der Waals surface area contributed by atoms with Crippen molar-refractivity contribution >= 4 is 127 Å². The molecular weight excluding hydrogens is 939 g/mol. The van der Waals surface area contributed by atoms with E-state index in [9.17, 15) is 19.2 Å². The van der Waals surface area contributed by atoms with Crippen molar-refractivity contribution < 1.29 is 33.8 Å². The second-order valence-electron chi connectivity index (χ2n) is 13.5. The minimum absolute atomic E-state index is 0.00821. The van der Waals surface area contributed by atoms with Gasteiger partial charge in [0.2, 0.25) is 5.91 Å². The fourth-order valence-corrected chi connectivity index (χ4v) is 10.5. The molecule has 17 heteroatoms. The highest BCUT2D eigenvalue weighted by Gasteiger charge is 2.27. The number of nitrogens with two attached hydrogens (primary N) is 1. The maximum atomic E-state index is 12.1. The van der Waals surface area contributed by atoms with E-state index in [-0.39, 0.29) is 29.7 Å². The topological polar surface area (TPSA) is 145 Å². The first-order valence-corrected chi connectivity index (χ1v) is 23.3. The number of carboxylic acid groups (broad SMARTS) is 1. The molecular formula is C44H36Cl4N2O7S4. The molecule has 4 aromatic heterocycles. The molecule has 2 aliphatic rings. The van der Waals surface area contributed by atoms with Crippen LogP contribution >= 0.6 is 91.8 Å². The molecule has 0 fully saturated rings. The van der Waals surface area contributed by atoms with E-state index in [0.717, 1.165) is 69.8 Å². The minimum atomic E-state index is -0.963. The Kier molecular flexibility index (Phi) is 16.1. The molecule has 0 aliphatic carbocycles. The maximum Gasteiger partial charge on any atom is 0.328 e. The quantitative estimate of drug-likeness (QED) is 0.0860. The van der Waals surface area contributed by atoms with Crippen LogP contribution in [0.15, 0.2) is 83.6 Å². The zero-order valence-corrected chi connectivity index (χ0v) is 38.6. The lowest BCUT2D eigenvalue weighted by atomic mass is 10.1. The Morgan fingerprint density at radius 2 is 1.18 bits per heavy atom. The largest absolute Gasteiger partial charge is 0.487 e. The lowest BCUT2D eigenvalue weighted by Gasteiger charge is -2.11. The van der Waals surface area contributed by atoms with Crippen LogP contribution in [0, 0.1) is 0 Å². The number of amides is 1. The predicted molar refractivity (Wildman–Crippen MR) is 252 cm³/mol. The molecule has 2 aromatic carbocycles. The number of carboxylic acids is 1. The van der Waals surface area contributed by atoms with E-state index in [2.05, 4.69) is 11.4 Å². The first kappa shape index (κ1) is 46.2. The number of hydrogen-bond acceptors (Lipinski definition) is 11. The number of rotatable bonds is 11. The van der Waals surface area contributed by atoms with Gasteiger partial charge in [-0.05, 0) is 109 Å². The monoisotopic (exact) mass is 972 g/mol. The molecule has 4 N–H and O–H groups in total. The van der Waals surface area contributed by atoms with Crippen LogP contribution in [0.25, 0.3) is 33.0 Å². The van der Waals surface area contributed by atoms with E-state index in [1.807, 2.05) is 53.2 Å². The van der Waals surface area contributed by atoms with Crippen molar-refractivity contribution in [2.45, 2.75) is 38.9 Å². The summed E-state index contributed by atoms with van der Waals surface area (Å²) in [5.41, 5.74) is 9.70. The number of thiophene rings is 4. The van der Waals surface area contributed by atoms with Crippen LogP contribution in [0.3, 0.4) is 0 Å². The number of carbonyl (C=O) groups excluding carboxylic acids is 3. The average Bonchev–Trinajstić information content (AvgIpc) is 4.08. The van der Waals surface area contributed by atoms with E-state index >= 15 is 0 Å². The van der Waals surface area contributed by atoms with Gasteiger partial charge < -0.3 is 25.6 Å². The normalized spacial score (nSPS) is 14.9. The summed E-state index contributed by atoms with van der Waals surface area (Å²) in [4.78, 5) is 50.2. The number of Topliss-reactive ketones (excluding diaryl/α,β-unsaturated/α-hetero) is 2. The highest BCUT2D eigenvalue weighted by Crippen LogP contribution is 2.42. The van der Waals surface area contributed by atoms with Gasteiger partial charge in [-0.1, -0.05) is 46.4 Å². The number of carbonyl (C=O) groups is 4. The van der Waals surface area contributed by atoms with Gasteiger partial charge in [-0.25, -0.2) is 4.79 Å². The molecule has 9 nitrogen and oxygen atoms in total. The van der Waals surface area contributed by atoms with Crippen LogP contribution in [0.1, 0.15) is 54.1 Å². The molecule has 0 saturated carbocycles. The summed E-state index contributed by atoms with van der Waals surface area (Å²) in [5.74, 6) is 0.363. The lowest BCUT2D eigenvalue weighted by molar-refractivity contribution is -0.131. The van der Waals surface area contributed by atoms with E-state index in [1.165, 1.54) is 57.5 Å². The molecule has 0 saturated heterocycles. The minimum Gasteiger partial charge on any atom is -0.487 e. The highest BCUT2D eigenvalue weighted by molar-refractivity contribution is 7.17. The Hall–Kier alpha value is -4.28. The van der Waals surface area contributed by atoms with Gasteiger partial charge in [0, 0.05) is 62.2 Å². The zero-order valence-electron chi connectivity index (χ0n) is 32.3. The fraction of sp³-hybridized carbons (Fsp3) is 0.182. The van der Waals surface area contributed by atoms with E-state index < -0.39 is 5.97 Å². The number of halogens is 4. The summed E-state index contributed by atoms with van der Waals surface area (Å²) in [7, 11) is 0. The van der Waals surface area contributed by atoms with Crippen LogP contribution in [-0.4, -0.2) is 53.8 Å². The van der Waals surface area contributed by atoms with Gasteiger partial charge in [0.25, 0.3) is 0 Å². The number of benzene rings is 2. The molecule has 2 atom stereocenters. The number of fused-ring (bicyclic) bond motifs is 2. The first-order valence-electron chi connectivity index (χ1n) is 18.4. The lowest BCUT2D eigenvalue weighted by Crippen LogP contribution is -2.33. The third kappa shape index (κ3) is 12.2. The van der Waals surface area contributed by atoms with Crippen molar-refractivity contribution in [1.29, 1.82) is 0 Å². The molecule has 0 spiro atoms. The predicted octanol–water partition coefficient (Wildman–Crippen LogP) is 12.2. The molecule has 2 unspecified atom stereocenters. The molecule has 0 radical (unpaired) electrons. The van der Waals surface area contributed by atoms with E-state index in [0.29, 0.717) is 45.4 Å². The molecule has 1 amide bonds. The van der Waals surface area contributed by atoms with Gasteiger partial charge in [-0.15, -0.1) is 45.3 Å². The zero-order chi connectivity index (χ0) is 43.8. The van der Waals surface area contributed by atoms with E-state index in [4.69, 9.17) is 66.7 Å². The number of ether oxygens (including phenoxy) is 2. The van der Waals surface area contributed by atoms with Crippen molar-refractivity contribution in [1.82, 2.24) is 5.32 Å². The number of aliphatic carboxylic acids is 1. The first-order chi connectivity index (χ1) is 29.2. The summed E-state index contributed by atoms with van der Waals surface area (Å²) in [5, 5.41) is 17.2. The Labute approximate surface area is 388 Å². The summed E-state index contributed by atoms with van der Waals surface area (Å²) < 4.78 is 11.7. The highest BCUT2D eigenvalue weighted by atomic mass is 35.5. The van der Waals surface area contributed by atoms with Crippen molar-refractivity contribution in [2.24, 2.45) is 5.73 Å². The van der Waals surface area contributed by atoms with Crippen LogP contribution in [-0.2, 0) is 22.4 Å². The SMILES string of the molecule is CC(=O)c1ccc(-c2cc(Cl)c3c(c2)CC(CN)O3)s1.CC(=O)c1ccc(-c2cc(Cl)c3c(c2)CC(CNC(=O)/C=C/c2sccc2Cl)O3)s1.O=C(O)/C=C/c1sccc1Cl. The van der Waals surface area contributed by atoms with Crippen LogP contribution < -0.4 is 20.5 Å². The van der Waals surface area contributed by atoms with Crippen molar-refractivity contribution in [2.75, 3.05) is 13.1 Å². The van der Waals surface area contributed by atoms with Gasteiger partial charge in [-0.2, -0.15) is 0 Å². The average molecular weight is 975 g/mol. The molecule has 2 aliphatic heterocycles. The summed E-state index contributed by atoms with van der Waals surface area (Å²) in [6, 6.07) is 18.9. The number of ketones is 2. The van der Waals surface area contributed by atoms with Crippen molar-refractivity contribution in [3.05, 3.63) is 134 Å². The van der Waals surface area contributed by atoms with Crippen LogP contribution in [0.2, 0.25) is 20.1 Å². The Morgan fingerprint density at radius 1 is 0.705 bits per heavy atom. The molecule has 316 valence electrons. The van der Waals surface area contributed by atoms with Crippen LogP contribution in [0.4, 0.5) is 0 Å². The molecule has 61 heavy (non-hydrogen) atoms. The fourth-order valence-electron chi connectivity index (χ4n) is 6.09. The van der Waals surface area contributed by atoms with Crippen molar-refractivity contribution in [3.63, 3.8) is 0 Å². The second kappa shape index (κ2) is 21.2. The molecule has 8 rings (SSSR count). The second-order valence-corrected chi connectivity index (χ2v) is 19.2. The van der Waals surface area contributed by atoms with Crippen molar-refractivity contribution in [3.8, 4) is 32.4 Å². The third-order valence-corrected chi connectivity index (χ3v) is 14.7. The smallest absolute Gasteiger partial charge is 0.328 e. The molecule has 0 bridgehead atoms. The number of hydrogen-bond donors (Lipinski definition) is 3. The van der Waals surface area contributed by atoms with E-state index in [1.54, 1.807) is 32.1 Å². The van der Waals surface area contributed by atoms with Gasteiger partial charge in [-0.3, -0.25) is 14.4 Å². The third-order valence-electron chi connectivity index (χ3n) is 9.00. The van der Waals surface area contributed by atoms with Gasteiger partial charge in [0.15, 0.2) is 11.6 Å². The molecule has 6 heterocycles. The summed E-state index contributed by atoms with van der Waals surface area (Å²) >= 11 is 30.3. The maximum absolute atomic E-state index is 12.1. The van der Waals surface area contributed by atoms with Crippen LogP contribution in [0.5, 0.6) is 11.5 Å².